The number of ketones is 1. The second-order valence-electron chi connectivity index (χ2n) is 8.71. The molecule has 3 fully saturated rings. The van der Waals surface area contributed by atoms with E-state index in [-0.39, 0.29) is 12.4 Å². The minimum Gasteiger partial charge on any atom is -0.459 e. The fourth-order valence-electron chi connectivity index (χ4n) is 4.03. The number of hydrogen-bond acceptors (Lipinski definition) is 5. The standard InChI is InChI=1S/C22H27NO5/c1-14-16-11-12-22(5,18(14)24)17(23(16)20(26)28-21(2,3)4)19(25)27-13-15-9-7-6-8-10-15/h6-10,16-17H,1,11-13H2,2-5H3. The molecule has 0 N–H and O–H groups in total. The van der Waals surface area contributed by atoms with Gasteiger partial charge in [0, 0.05) is 5.57 Å². The van der Waals surface area contributed by atoms with Gasteiger partial charge in [0.2, 0.25) is 0 Å². The van der Waals surface area contributed by atoms with Gasteiger partial charge in [-0.3, -0.25) is 9.69 Å². The summed E-state index contributed by atoms with van der Waals surface area (Å²) in [5.41, 5.74) is -0.595. The number of esters is 1. The predicted octanol–water partition coefficient (Wildman–Crippen LogP) is 3.64. The molecular formula is C22H27NO5. The lowest BCUT2D eigenvalue weighted by atomic mass is 9.61. The number of piperidine rings is 2. The van der Waals surface area contributed by atoms with Gasteiger partial charge in [0.05, 0.1) is 11.5 Å². The molecule has 3 atom stereocenters. The third-order valence-electron chi connectivity index (χ3n) is 5.42. The van der Waals surface area contributed by atoms with E-state index in [1.807, 2.05) is 30.3 Å². The van der Waals surface area contributed by atoms with E-state index in [1.165, 1.54) is 4.90 Å². The van der Waals surface area contributed by atoms with E-state index in [2.05, 4.69) is 6.58 Å². The highest BCUT2D eigenvalue weighted by Crippen LogP contribution is 2.49. The van der Waals surface area contributed by atoms with Crippen molar-refractivity contribution < 1.29 is 23.9 Å². The molecule has 2 saturated heterocycles. The van der Waals surface area contributed by atoms with Gasteiger partial charge >= 0.3 is 12.1 Å². The molecule has 150 valence electrons. The second-order valence-corrected chi connectivity index (χ2v) is 8.71. The van der Waals surface area contributed by atoms with E-state index in [4.69, 9.17) is 9.47 Å². The molecule has 0 aromatic heterocycles. The molecule has 1 aromatic rings. The normalized spacial score (nSPS) is 26.9. The maximum Gasteiger partial charge on any atom is 0.411 e. The Morgan fingerprint density at radius 3 is 2.50 bits per heavy atom. The number of carbonyl (C=O) groups is 3. The molecule has 3 aliphatic rings. The van der Waals surface area contributed by atoms with Crippen molar-refractivity contribution in [3.63, 3.8) is 0 Å². The Bertz CT molecular complexity index is 810. The second kappa shape index (κ2) is 7.08. The molecule has 0 spiro atoms. The van der Waals surface area contributed by atoms with Gasteiger partial charge in [-0.05, 0) is 46.1 Å². The Morgan fingerprint density at radius 1 is 1.25 bits per heavy atom. The third-order valence-corrected chi connectivity index (χ3v) is 5.42. The molecule has 1 saturated carbocycles. The van der Waals surface area contributed by atoms with Crippen LogP contribution in [-0.4, -0.2) is 40.4 Å². The SMILES string of the molecule is C=C1C(=O)C2(C)CCC1N(C(=O)OC(C)(C)C)C2C(=O)OCc1ccccc1. The van der Waals surface area contributed by atoms with Crippen molar-refractivity contribution in [3.8, 4) is 0 Å². The number of hydrogen-bond donors (Lipinski definition) is 0. The number of Topliss-reactive ketones (excluding diaryl/α,β-unsaturated/α-hetero) is 1. The average molecular weight is 385 g/mol. The summed E-state index contributed by atoms with van der Waals surface area (Å²) in [7, 11) is 0. The van der Waals surface area contributed by atoms with Crippen LogP contribution in [0.2, 0.25) is 0 Å². The highest BCUT2D eigenvalue weighted by atomic mass is 16.6. The molecule has 6 nitrogen and oxygen atoms in total. The van der Waals surface area contributed by atoms with E-state index in [9.17, 15) is 14.4 Å². The molecule has 1 aliphatic carbocycles. The van der Waals surface area contributed by atoms with E-state index in [1.54, 1.807) is 27.7 Å². The quantitative estimate of drug-likeness (QED) is 0.587. The summed E-state index contributed by atoms with van der Waals surface area (Å²) in [4.78, 5) is 40.2. The summed E-state index contributed by atoms with van der Waals surface area (Å²) < 4.78 is 11.0. The summed E-state index contributed by atoms with van der Waals surface area (Å²) in [6.07, 6.45) is 0.446. The first-order chi connectivity index (χ1) is 13.0. The van der Waals surface area contributed by atoms with Gasteiger partial charge in [-0.15, -0.1) is 0 Å². The van der Waals surface area contributed by atoms with Crippen molar-refractivity contribution >= 4 is 17.8 Å². The number of ether oxygens (including phenoxy) is 2. The molecule has 0 radical (unpaired) electrons. The Kier molecular flexibility index (Phi) is 5.08. The molecule has 1 amide bonds. The van der Waals surface area contributed by atoms with Crippen molar-refractivity contribution in [2.45, 2.75) is 64.8 Å². The third kappa shape index (κ3) is 3.55. The molecule has 2 aliphatic heterocycles. The fourth-order valence-corrected chi connectivity index (χ4v) is 4.03. The summed E-state index contributed by atoms with van der Waals surface area (Å²) in [5.74, 6) is -0.770. The molecule has 1 aromatic carbocycles. The maximum absolute atomic E-state index is 13.0. The zero-order chi connectivity index (χ0) is 20.7. The van der Waals surface area contributed by atoms with Crippen LogP contribution < -0.4 is 0 Å². The van der Waals surface area contributed by atoms with Gasteiger partial charge in [0.25, 0.3) is 0 Å². The molecule has 4 rings (SSSR count). The summed E-state index contributed by atoms with van der Waals surface area (Å²) in [6.45, 7) is 11.0. The van der Waals surface area contributed by atoms with Crippen LogP contribution in [0.4, 0.5) is 4.79 Å². The van der Waals surface area contributed by atoms with Crippen molar-refractivity contribution in [1.29, 1.82) is 0 Å². The van der Waals surface area contributed by atoms with Crippen LogP contribution in [-0.2, 0) is 25.7 Å². The Morgan fingerprint density at radius 2 is 1.89 bits per heavy atom. The number of fused-ring (bicyclic) bond motifs is 3. The van der Waals surface area contributed by atoms with Gasteiger partial charge in [0.15, 0.2) is 5.78 Å². The number of rotatable bonds is 3. The zero-order valence-corrected chi connectivity index (χ0v) is 16.9. The average Bonchev–Trinajstić information content (AvgIpc) is 2.62. The van der Waals surface area contributed by atoms with Crippen LogP contribution in [0.25, 0.3) is 0 Å². The van der Waals surface area contributed by atoms with Gasteiger partial charge in [-0.1, -0.05) is 36.9 Å². The van der Waals surface area contributed by atoms with Crippen molar-refractivity contribution in [2.24, 2.45) is 5.41 Å². The highest BCUT2D eigenvalue weighted by Gasteiger charge is 2.62. The van der Waals surface area contributed by atoms with E-state index in [0.29, 0.717) is 18.4 Å². The number of nitrogens with zero attached hydrogens (tertiary/aromatic N) is 1. The monoisotopic (exact) mass is 385 g/mol. The Balaban J connectivity index is 1.89. The van der Waals surface area contributed by atoms with Crippen molar-refractivity contribution in [2.75, 3.05) is 0 Å². The summed E-state index contributed by atoms with van der Waals surface area (Å²) in [6, 6.07) is 7.71. The Labute approximate surface area is 165 Å². The lowest BCUT2D eigenvalue weighted by molar-refractivity contribution is -0.168. The minimum absolute atomic E-state index is 0.0776. The molecule has 2 heterocycles. The fraction of sp³-hybridized carbons (Fsp3) is 0.500. The van der Waals surface area contributed by atoms with E-state index >= 15 is 0 Å². The number of amides is 1. The summed E-state index contributed by atoms with van der Waals surface area (Å²) >= 11 is 0. The van der Waals surface area contributed by atoms with Gasteiger partial charge in [-0.25, -0.2) is 9.59 Å². The Hall–Kier alpha value is -2.63. The minimum atomic E-state index is -1.06. The molecule has 6 heteroatoms. The van der Waals surface area contributed by atoms with Crippen LogP contribution in [0.5, 0.6) is 0 Å². The first-order valence-corrected chi connectivity index (χ1v) is 9.50. The van der Waals surface area contributed by atoms with Crippen LogP contribution in [0.15, 0.2) is 42.5 Å². The first-order valence-electron chi connectivity index (χ1n) is 9.50. The smallest absolute Gasteiger partial charge is 0.411 e. The van der Waals surface area contributed by atoms with Crippen molar-refractivity contribution in [3.05, 3.63) is 48.0 Å². The lowest BCUT2D eigenvalue weighted by Gasteiger charge is -2.54. The number of carbonyl (C=O) groups excluding carboxylic acids is 3. The maximum atomic E-state index is 13.0. The van der Waals surface area contributed by atoms with Crippen LogP contribution in [0.1, 0.15) is 46.1 Å². The topological polar surface area (TPSA) is 72.9 Å². The van der Waals surface area contributed by atoms with E-state index in [0.717, 1.165) is 5.56 Å². The first kappa shape index (κ1) is 20.1. The van der Waals surface area contributed by atoms with Crippen LogP contribution in [0.3, 0.4) is 0 Å². The zero-order valence-electron chi connectivity index (χ0n) is 16.9. The molecular weight excluding hydrogens is 358 g/mol. The highest BCUT2D eigenvalue weighted by molar-refractivity contribution is 6.07. The van der Waals surface area contributed by atoms with Gasteiger partial charge in [-0.2, -0.15) is 0 Å². The molecule has 2 bridgehead atoms. The summed E-state index contributed by atoms with van der Waals surface area (Å²) in [5, 5.41) is 0. The van der Waals surface area contributed by atoms with Gasteiger partial charge in [0.1, 0.15) is 18.2 Å². The predicted molar refractivity (Wildman–Crippen MR) is 103 cm³/mol. The van der Waals surface area contributed by atoms with Gasteiger partial charge < -0.3 is 9.47 Å². The number of benzene rings is 1. The largest absolute Gasteiger partial charge is 0.459 e. The molecule has 28 heavy (non-hydrogen) atoms. The van der Waals surface area contributed by atoms with Crippen LogP contribution >= 0.6 is 0 Å². The molecule has 3 unspecified atom stereocenters. The van der Waals surface area contributed by atoms with Crippen molar-refractivity contribution in [1.82, 2.24) is 4.90 Å². The van der Waals surface area contributed by atoms with Crippen LogP contribution in [0, 0.1) is 5.41 Å². The van der Waals surface area contributed by atoms with E-state index < -0.39 is 35.2 Å². The lowest BCUT2D eigenvalue weighted by Crippen LogP contribution is -2.69.